The van der Waals surface area contributed by atoms with Gasteiger partial charge in [-0.05, 0) is 38.8 Å². The summed E-state index contributed by atoms with van der Waals surface area (Å²) in [4.78, 5) is 22.8. The molecule has 2 atom stereocenters. The predicted molar refractivity (Wildman–Crippen MR) is 68.8 cm³/mol. The average Bonchev–Trinajstić information content (AvgIpc) is 2.86. The first-order chi connectivity index (χ1) is 9.16. The first-order valence-electron chi connectivity index (χ1n) is 7.01. The highest BCUT2D eigenvalue weighted by atomic mass is 16.5. The molecule has 0 spiro atoms. The van der Waals surface area contributed by atoms with Gasteiger partial charge in [-0.2, -0.15) is 0 Å². The molecule has 6 heteroatoms. The van der Waals surface area contributed by atoms with Crippen LogP contribution in [0.4, 0.5) is 0 Å². The lowest BCUT2D eigenvalue weighted by Crippen LogP contribution is -2.43. The first-order valence-corrected chi connectivity index (χ1v) is 7.01. The van der Waals surface area contributed by atoms with Crippen molar-refractivity contribution in [2.45, 2.75) is 44.2 Å². The van der Waals surface area contributed by atoms with Gasteiger partial charge < -0.3 is 20.5 Å². The number of aliphatic carboxylic acids is 1. The minimum Gasteiger partial charge on any atom is -0.481 e. The topological polar surface area (TPSA) is 87.7 Å². The third kappa shape index (κ3) is 4.18. The molecule has 2 aliphatic rings. The summed E-state index contributed by atoms with van der Waals surface area (Å²) in [6.07, 6.45) is 4.25. The zero-order valence-corrected chi connectivity index (χ0v) is 11.1. The normalized spacial score (nSPS) is 28.2. The minimum atomic E-state index is -0.818. The van der Waals surface area contributed by atoms with Crippen molar-refractivity contribution in [3.63, 3.8) is 0 Å². The number of carbonyl (C=O) groups is 2. The van der Waals surface area contributed by atoms with Crippen molar-refractivity contribution in [3.8, 4) is 0 Å². The molecule has 2 rings (SSSR count). The summed E-state index contributed by atoms with van der Waals surface area (Å²) in [5.41, 5.74) is 0. The number of ether oxygens (including phenoxy) is 1. The highest BCUT2D eigenvalue weighted by molar-refractivity contribution is 5.79. The zero-order valence-electron chi connectivity index (χ0n) is 11.1. The fraction of sp³-hybridized carbons (Fsp3) is 0.846. The molecule has 2 fully saturated rings. The van der Waals surface area contributed by atoms with Crippen LogP contribution in [-0.4, -0.2) is 48.8 Å². The summed E-state index contributed by atoms with van der Waals surface area (Å²) >= 11 is 0. The van der Waals surface area contributed by atoms with E-state index in [1.165, 1.54) is 0 Å². The van der Waals surface area contributed by atoms with E-state index in [1.807, 2.05) is 0 Å². The molecule has 19 heavy (non-hydrogen) atoms. The summed E-state index contributed by atoms with van der Waals surface area (Å²) in [5.74, 6) is -1.46. The number of hydrogen-bond donors (Lipinski definition) is 3. The number of hydrogen-bond acceptors (Lipinski definition) is 4. The SMILES string of the molecule is O=C(COC1CCNCC1)NC1CCCC1C(=O)O. The van der Waals surface area contributed by atoms with Crippen molar-refractivity contribution in [1.82, 2.24) is 10.6 Å². The Morgan fingerprint density at radius 1 is 1.21 bits per heavy atom. The second-order valence-corrected chi connectivity index (χ2v) is 5.31. The fourth-order valence-corrected chi connectivity index (χ4v) is 2.83. The maximum absolute atomic E-state index is 11.8. The van der Waals surface area contributed by atoms with Gasteiger partial charge in [-0.25, -0.2) is 0 Å². The molecule has 0 aromatic rings. The van der Waals surface area contributed by atoms with E-state index < -0.39 is 11.9 Å². The lowest BCUT2D eigenvalue weighted by Gasteiger charge is -2.23. The van der Waals surface area contributed by atoms with Crippen LogP contribution >= 0.6 is 0 Å². The van der Waals surface area contributed by atoms with Crippen molar-refractivity contribution in [1.29, 1.82) is 0 Å². The third-order valence-corrected chi connectivity index (χ3v) is 3.92. The highest BCUT2D eigenvalue weighted by Crippen LogP contribution is 2.25. The lowest BCUT2D eigenvalue weighted by molar-refractivity contribution is -0.142. The number of piperidine rings is 1. The Balaban J connectivity index is 1.70. The Morgan fingerprint density at radius 2 is 1.95 bits per heavy atom. The van der Waals surface area contributed by atoms with Crippen LogP contribution in [0.25, 0.3) is 0 Å². The Hall–Kier alpha value is -1.14. The molecule has 1 aliphatic heterocycles. The van der Waals surface area contributed by atoms with Crippen molar-refractivity contribution in [2.24, 2.45) is 5.92 Å². The Bertz CT molecular complexity index is 329. The first kappa shape index (κ1) is 14.3. The van der Waals surface area contributed by atoms with Gasteiger partial charge in [0.1, 0.15) is 6.61 Å². The molecule has 2 unspecified atom stereocenters. The molecule has 6 nitrogen and oxygen atoms in total. The van der Waals surface area contributed by atoms with E-state index in [1.54, 1.807) is 0 Å². The van der Waals surface area contributed by atoms with Gasteiger partial charge in [-0.3, -0.25) is 9.59 Å². The summed E-state index contributed by atoms with van der Waals surface area (Å²) in [6, 6.07) is -0.235. The fourth-order valence-electron chi connectivity index (χ4n) is 2.83. The number of carboxylic acids is 1. The van der Waals surface area contributed by atoms with E-state index in [4.69, 9.17) is 9.84 Å². The van der Waals surface area contributed by atoms with Crippen LogP contribution in [0.15, 0.2) is 0 Å². The summed E-state index contributed by atoms with van der Waals surface area (Å²) in [6.45, 7) is 1.89. The van der Waals surface area contributed by atoms with Gasteiger partial charge in [0.2, 0.25) is 5.91 Å². The van der Waals surface area contributed by atoms with Gasteiger partial charge in [0.15, 0.2) is 0 Å². The summed E-state index contributed by atoms with van der Waals surface area (Å²) in [7, 11) is 0. The second kappa shape index (κ2) is 6.86. The van der Waals surface area contributed by atoms with E-state index >= 15 is 0 Å². The molecular weight excluding hydrogens is 248 g/mol. The molecule has 0 aromatic heterocycles. The monoisotopic (exact) mass is 270 g/mol. The molecule has 1 saturated carbocycles. The van der Waals surface area contributed by atoms with Crippen LogP contribution in [0.5, 0.6) is 0 Å². The van der Waals surface area contributed by atoms with E-state index in [0.29, 0.717) is 6.42 Å². The van der Waals surface area contributed by atoms with Crippen LogP contribution in [0.2, 0.25) is 0 Å². The molecule has 0 radical (unpaired) electrons. The third-order valence-electron chi connectivity index (χ3n) is 3.92. The van der Waals surface area contributed by atoms with Crippen molar-refractivity contribution in [3.05, 3.63) is 0 Å². The summed E-state index contributed by atoms with van der Waals surface area (Å²) in [5, 5.41) is 15.1. The minimum absolute atomic E-state index is 0.0352. The Kier molecular flexibility index (Phi) is 5.15. The number of carbonyl (C=O) groups excluding carboxylic acids is 1. The van der Waals surface area contributed by atoms with Gasteiger partial charge in [-0.15, -0.1) is 0 Å². The quantitative estimate of drug-likeness (QED) is 0.660. The smallest absolute Gasteiger partial charge is 0.308 e. The van der Waals surface area contributed by atoms with Gasteiger partial charge >= 0.3 is 5.97 Å². The number of nitrogens with one attached hydrogen (secondary N) is 2. The van der Waals surface area contributed by atoms with E-state index in [9.17, 15) is 9.59 Å². The predicted octanol–water partition coefficient (Wildman–Crippen LogP) is 0.125. The maximum atomic E-state index is 11.8. The molecule has 1 amide bonds. The van der Waals surface area contributed by atoms with Gasteiger partial charge in [0.05, 0.1) is 12.0 Å². The molecule has 0 aromatic carbocycles. The van der Waals surface area contributed by atoms with Gasteiger partial charge in [-0.1, -0.05) is 6.42 Å². The van der Waals surface area contributed by atoms with Crippen LogP contribution in [0.1, 0.15) is 32.1 Å². The molecular formula is C13H22N2O4. The van der Waals surface area contributed by atoms with Crippen molar-refractivity contribution < 1.29 is 19.4 Å². The molecule has 1 heterocycles. The average molecular weight is 270 g/mol. The number of amides is 1. The van der Waals surface area contributed by atoms with Crippen LogP contribution in [-0.2, 0) is 14.3 Å². The van der Waals surface area contributed by atoms with E-state index in [-0.39, 0.29) is 24.7 Å². The standard InChI is InChI=1S/C13H22N2O4/c16-12(8-19-9-4-6-14-7-5-9)15-11-3-1-2-10(11)13(17)18/h9-11,14H,1-8H2,(H,15,16)(H,17,18). The van der Waals surface area contributed by atoms with E-state index in [0.717, 1.165) is 38.8 Å². The molecule has 0 bridgehead atoms. The molecule has 108 valence electrons. The maximum Gasteiger partial charge on any atom is 0.308 e. The largest absolute Gasteiger partial charge is 0.481 e. The number of rotatable bonds is 5. The lowest BCUT2D eigenvalue weighted by atomic mass is 10.0. The second-order valence-electron chi connectivity index (χ2n) is 5.31. The van der Waals surface area contributed by atoms with Crippen LogP contribution in [0, 0.1) is 5.92 Å². The summed E-state index contributed by atoms with van der Waals surface area (Å²) < 4.78 is 5.55. The van der Waals surface area contributed by atoms with Crippen LogP contribution in [0.3, 0.4) is 0 Å². The highest BCUT2D eigenvalue weighted by Gasteiger charge is 2.33. The zero-order chi connectivity index (χ0) is 13.7. The van der Waals surface area contributed by atoms with Gasteiger partial charge in [0, 0.05) is 6.04 Å². The van der Waals surface area contributed by atoms with Crippen molar-refractivity contribution >= 4 is 11.9 Å². The Labute approximate surface area is 112 Å². The molecule has 1 saturated heterocycles. The molecule has 1 aliphatic carbocycles. The molecule has 3 N–H and O–H groups in total. The van der Waals surface area contributed by atoms with E-state index in [2.05, 4.69) is 10.6 Å². The van der Waals surface area contributed by atoms with Gasteiger partial charge in [0.25, 0.3) is 0 Å². The number of carboxylic acid groups (broad SMARTS) is 1. The Morgan fingerprint density at radius 3 is 2.63 bits per heavy atom. The van der Waals surface area contributed by atoms with Crippen molar-refractivity contribution in [2.75, 3.05) is 19.7 Å². The van der Waals surface area contributed by atoms with Crippen LogP contribution < -0.4 is 10.6 Å².